The largest absolute Gasteiger partial charge is 0.352 e. The van der Waals surface area contributed by atoms with E-state index in [0.29, 0.717) is 17.3 Å². The van der Waals surface area contributed by atoms with Crippen LogP contribution in [0.25, 0.3) is 0 Å². The Labute approximate surface area is 130 Å². The number of hydrazine groups is 1. The van der Waals surface area contributed by atoms with Crippen molar-refractivity contribution in [1.82, 2.24) is 10.3 Å². The number of nitrogens with zero attached hydrogens (tertiary/aromatic N) is 1. The van der Waals surface area contributed by atoms with Crippen LogP contribution in [-0.4, -0.2) is 17.4 Å². The van der Waals surface area contributed by atoms with Crippen molar-refractivity contribution in [3.8, 4) is 0 Å². The van der Waals surface area contributed by atoms with E-state index in [9.17, 15) is 4.79 Å². The van der Waals surface area contributed by atoms with E-state index in [2.05, 4.69) is 22.7 Å². The first-order valence-corrected chi connectivity index (χ1v) is 7.92. The Morgan fingerprint density at radius 2 is 2.00 bits per heavy atom. The molecule has 1 fully saturated rings. The summed E-state index contributed by atoms with van der Waals surface area (Å²) in [6.45, 7) is 2.98. The smallest absolute Gasteiger partial charge is 0.251 e. The summed E-state index contributed by atoms with van der Waals surface area (Å²) in [6.07, 6.45) is 6.22. The van der Waals surface area contributed by atoms with Gasteiger partial charge in [0.25, 0.3) is 5.91 Å². The van der Waals surface area contributed by atoms with Crippen molar-refractivity contribution in [3.63, 3.8) is 0 Å². The zero-order chi connectivity index (χ0) is 15.2. The minimum absolute atomic E-state index is 0.131. The van der Waals surface area contributed by atoms with Crippen molar-refractivity contribution in [2.45, 2.75) is 39.0 Å². The summed E-state index contributed by atoms with van der Waals surface area (Å²) in [6, 6.07) is 3.14. The van der Waals surface area contributed by atoms with Gasteiger partial charge >= 0.3 is 0 Å². The van der Waals surface area contributed by atoms with Gasteiger partial charge in [0.15, 0.2) is 0 Å². The first kappa shape index (κ1) is 16.0. The van der Waals surface area contributed by atoms with Crippen LogP contribution in [0, 0.1) is 11.8 Å². The van der Waals surface area contributed by atoms with Crippen LogP contribution in [0.5, 0.6) is 0 Å². The maximum atomic E-state index is 12.2. The second-order valence-corrected chi connectivity index (χ2v) is 6.10. The number of halogens is 1. The van der Waals surface area contributed by atoms with Gasteiger partial charge in [-0.05, 0) is 36.8 Å². The number of nitrogen functional groups attached to an aromatic ring is 1. The summed E-state index contributed by atoms with van der Waals surface area (Å²) >= 11 is 5.87. The predicted molar refractivity (Wildman–Crippen MR) is 85.1 cm³/mol. The lowest BCUT2D eigenvalue weighted by Crippen LogP contribution is -2.31. The second-order valence-electron chi connectivity index (χ2n) is 5.71. The molecule has 1 aliphatic carbocycles. The maximum absolute atomic E-state index is 12.2. The van der Waals surface area contributed by atoms with Crippen LogP contribution < -0.4 is 16.6 Å². The second kappa shape index (κ2) is 7.61. The standard InChI is InChI=1S/C15H23ClN4O/c1-2-10-3-5-11(6-4-10)9-18-15(21)12-7-13(16)19-14(8-12)20-17/h7-8,10-11H,2-6,9,17H2,1H3,(H,18,21)(H,19,20). The van der Waals surface area contributed by atoms with Gasteiger partial charge in [-0.25, -0.2) is 10.8 Å². The molecule has 2 rings (SSSR count). The highest BCUT2D eigenvalue weighted by Crippen LogP contribution is 2.30. The number of pyridine rings is 1. The molecule has 21 heavy (non-hydrogen) atoms. The van der Waals surface area contributed by atoms with Crippen LogP contribution in [0.3, 0.4) is 0 Å². The zero-order valence-corrected chi connectivity index (χ0v) is 13.1. The Hall–Kier alpha value is -1.33. The van der Waals surface area contributed by atoms with Gasteiger partial charge in [-0.2, -0.15) is 0 Å². The highest BCUT2D eigenvalue weighted by Gasteiger charge is 2.20. The predicted octanol–water partition coefficient (Wildman–Crippen LogP) is 2.97. The molecule has 1 aromatic rings. The fourth-order valence-electron chi connectivity index (χ4n) is 2.88. The Kier molecular flexibility index (Phi) is 5.82. The number of aromatic nitrogens is 1. The molecule has 1 aromatic heterocycles. The number of amides is 1. The number of hydrogen-bond acceptors (Lipinski definition) is 4. The van der Waals surface area contributed by atoms with Gasteiger partial charge < -0.3 is 10.7 Å². The van der Waals surface area contributed by atoms with Crippen molar-refractivity contribution < 1.29 is 4.79 Å². The minimum atomic E-state index is -0.131. The SMILES string of the molecule is CCC1CCC(CNC(=O)c2cc(Cl)nc(NN)c2)CC1. The number of nitrogens with two attached hydrogens (primary N) is 1. The lowest BCUT2D eigenvalue weighted by Gasteiger charge is -2.27. The molecule has 0 spiro atoms. The molecule has 1 aliphatic rings. The van der Waals surface area contributed by atoms with Gasteiger partial charge in [-0.3, -0.25) is 4.79 Å². The van der Waals surface area contributed by atoms with Crippen LogP contribution in [0.2, 0.25) is 5.15 Å². The van der Waals surface area contributed by atoms with Gasteiger partial charge in [0, 0.05) is 12.1 Å². The van der Waals surface area contributed by atoms with E-state index < -0.39 is 0 Å². The van der Waals surface area contributed by atoms with Crippen LogP contribution in [0.4, 0.5) is 5.82 Å². The molecule has 1 heterocycles. The van der Waals surface area contributed by atoms with Gasteiger partial charge in [0.2, 0.25) is 0 Å². The fourth-order valence-corrected chi connectivity index (χ4v) is 3.09. The van der Waals surface area contributed by atoms with Crippen LogP contribution >= 0.6 is 11.6 Å². The van der Waals surface area contributed by atoms with Gasteiger partial charge in [-0.15, -0.1) is 0 Å². The first-order valence-electron chi connectivity index (χ1n) is 7.54. The third kappa shape index (κ3) is 4.58. The van der Waals surface area contributed by atoms with Crippen molar-refractivity contribution in [2.75, 3.05) is 12.0 Å². The van der Waals surface area contributed by atoms with E-state index in [0.717, 1.165) is 12.5 Å². The summed E-state index contributed by atoms with van der Waals surface area (Å²) in [5, 5.41) is 3.24. The van der Waals surface area contributed by atoms with E-state index in [1.165, 1.54) is 32.1 Å². The topological polar surface area (TPSA) is 80.0 Å². The molecule has 116 valence electrons. The Balaban J connectivity index is 1.86. The molecule has 0 aromatic carbocycles. The van der Waals surface area contributed by atoms with Crippen molar-refractivity contribution in [2.24, 2.45) is 17.7 Å². The zero-order valence-electron chi connectivity index (χ0n) is 12.4. The molecule has 1 amide bonds. The number of carbonyl (C=O) groups is 1. The minimum Gasteiger partial charge on any atom is -0.352 e. The van der Waals surface area contributed by atoms with Gasteiger partial charge in [0.1, 0.15) is 11.0 Å². The van der Waals surface area contributed by atoms with E-state index in [1.807, 2.05) is 0 Å². The van der Waals surface area contributed by atoms with Crippen LogP contribution in [-0.2, 0) is 0 Å². The molecular weight excluding hydrogens is 288 g/mol. The Morgan fingerprint density at radius 1 is 1.33 bits per heavy atom. The lowest BCUT2D eigenvalue weighted by atomic mass is 9.81. The van der Waals surface area contributed by atoms with Crippen molar-refractivity contribution in [1.29, 1.82) is 0 Å². The number of anilines is 1. The summed E-state index contributed by atoms with van der Waals surface area (Å²) in [4.78, 5) is 16.1. The van der Waals surface area contributed by atoms with Gasteiger partial charge in [-0.1, -0.05) is 37.8 Å². The van der Waals surface area contributed by atoms with Gasteiger partial charge in [0.05, 0.1) is 0 Å². The summed E-state index contributed by atoms with van der Waals surface area (Å²) in [5.74, 6) is 7.01. The monoisotopic (exact) mass is 310 g/mol. The third-order valence-electron chi connectivity index (χ3n) is 4.30. The molecule has 0 unspecified atom stereocenters. The summed E-state index contributed by atoms with van der Waals surface area (Å²) in [5.41, 5.74) is 2.88. The third-order valence-corrected chi connectivity index (χ3v) is 4.49. The summed E-state index contributed by atoms with van der Waals surface area (Å²) < 4.78 is 0. The number of hydrogen-bond donors (Lipinski definition) is 3. The fraction of sp³-hybridized carbons (Fsp3) is 0.600. The van der Waals surface area contributed by atoms with Crippen LogP contribution in [0.1, 0.15) is 49.4 Å². The van der Waals surface area contributed by atoms with E-state index >= 15 is 0 Å². The molecule has 0 saturated heterocycles. The molecule has 0 radical (unpaired) electrons. The highest BCUT2D eigenvalue weighted by atomic mass is 35.5. The average Bonchev–Trinajstić information content (AvgIpc) is 2.52. The Bertz CT molecular complexity index is 487. The maximum Gasteiger partial charge on any atom is 0.251 e. The number of rotatable bonds is 5. The molecule has 4 N–H and O–H groups in total. The molecular formula is C15H23ClN4O. The molecule has 5 nitrogen and oxygen atoms in total. The van der Waals surface area contributed by atoms with E-state index in [1.54, 1.807) is 12.1 Å². The quantitative estimate of drug-likeness (QED) is 0.444. The molecule has 0 aliphatic heterocycles. The van der Waals surface area contributed by atoms with E-state index in [4.69, 9.17) is 17.4 Å². The van der Waals surface area contributed by atoms with Crippen molar-refractivity contribution in [3.05, 3.63) is 22.8 Å². The lowest BCUT2D eigenvalue weighted by molar-refractivity contribution is 0.0941. The first-order chi connectivity index (χ1) is 10.1. The highest BCUT2D eigenvalue weighted by molar-refractivity contribution is 6.29. The van der Waals surface area contributed by atoms with Crippen molar-refractivity contribution >= 4 is 23.3 Å². The normalized spacial score (nSPS) is 21.9. The number of nitrogens with one attached hydrogen (secondary N) is 2. The molecule has 0 bridgehead atoms. The molecule has 6 heteroatoms. The average molecular weight is 311 g/mol. The number of carbonyl (C=O) groups excluding carboxylic acids is 1. The Morgan fingerprint density at radius 3 is 2.62 bits per heavy atom. The van der Waals surface area contributed by atoms with E-state index in [-0.39, 0.29) is 11.1 Å². The van der Waals surface area contributed by atoms with Crippen LogP contribution in [0.15, 0.2) is 12.1 Å². The summed E-state index contributed by atoms with van der Waals surface area (Å²) in [7, 11) is 0. The molecule has 0 atom stereocenters. The molecule has 1 saturated carbocycles.